The number of fused-ring (bicyclic) bond motifs is 1. The van der Waals surface area contributed by atoms with Crippen molar-refractivity contribution in [3.63, 3.8) is 0 Å². The van der Waals surface area contributed by atoms with Crippen molar-refractivity contribution in [3.05, 3.63) is 35.5 Å². The second-order valence-corrected chi connectivity index (χ2v) is 7.85. The second kappa shape index (κ2) is 9.65. The van der Waals surface area contributed by atoms with Crippen LogP contribution in [0.5, 0.6) is 0 Å². The molecule has 1 amide bonds. The van der Waals surface area contributed by atoms with Gasteiger partial charge in [0.1, 0.15) is 11.3 Å². The molecule has 1 unspecified atom stereocenters. The second-order valence-electron chi connectivity index (χ2n) is 7.85. The van der Waals surface area contributed by atoms with Crippen molar-refractivity contribution in [2.75, 3.05) is 19.8 Å². The molecule has 1 N–H and O–H groups in total. The highest BCUT2D eigenvalue weighted by Gasteiger charge is 2.23. The van der Waals surface area contributed by atoms with Gasteiger partial charge in [-0.25, -0.2) is 14.4 Å². The number of hydrogen-bond donors (Lipinski definition) is 1. The summed E-state index contributed by atoms with van der Waals surface area (Å²) < 4.78 is 17.3. The summed E-state index contributed by atoms with van der Waals surface area (Å²) in [5.74, 6) is -0.917. The zero-order valence-electron chi connectivity index (χ0n) is 18.4. The predicted octanol–water partition coefficient (Wildman–Crippen LogP) is 4.08. The number of alkyl carbamates (subject to hydrolysis) is 1. The molecule has 2 aromatic rings. The number of nitrogens with one attached hydrogen (secondary N) is 1. The third-order valence-electron chi connectivity index (χ3n) is 4.22. The first-order valence-corrected chi connectivity index (χ1v) is 10.0. The van der Waals surface area contributed by atoms with E-state index in [2.05, 4.69) is 5.32 Å². The summed E-state index contributed by atoms with van der Waals surface area (Å²) in [5.41, 5.74) is 0.776. The highest BCUT2D eigenvalue weighted by molar-refractivity contribution is 5.99. The van der Waals surface area contributed by atoms with Crippen molar-refractivity contribution < 1.29 is 28.6 Å². The van der Waals surface area contributed by atoms with Crippen LogP contribution in [-0.2, 0) is 14.2 Å². The number of benzene rings is 1. The third kappa shape index (κ3) is 5.75. The topological polar surface area (TPSA) is 95.9 Å². The van der Waals surface area contributed by atoms with Gasteiger partial charge in [-0.15, -0.1) is 0 Å². The van der Waals surface area contributed by atoms with Gasteiger partial charge in [-0.1, -0.05) is 6.07 Å². The van der Waals surface area contributed by atoms with Crippen LogP contribution in [0.25, 0.3) is 10.9 Å². The standard InChI is InChI=1S/C22H30N2O6/c1-7-28-19(25)16-10-9-15-11-18(20(26)29-8-2)24(17(15)12-16)14(3)13-23-21(27)30-22(4,5)6/h9-12,14H,7-8,13H2,1-6H3,(H,23,27). The lowest BCUT2D eigenvalue weighted by Gasteiger charge is -2.22. The van der Waals surface area contributed by atoms with Crippen LogP contribution >= 0.6 is 0 Å². The molecule has 0 aliphatic heterocycles. The van der Waals surface area contributed by atoms with Crippen molar-refractivity contribution >= 4 is 28.9 Å². The molecule has 2 rings (SSSR count). The minimum atomic E-state index is -0.613. The van der Waals surface area contributed by atoms with Gasteiger partial charge in [-0.05, 0) is 59.7 Å². The minimum Gasteiger partial charge on any atom is -0.462 e. The summed E-state index contributed by atoms with van der Waals surface area (Å²) in [6.07, 6.45) is -0.546. The van der Waals surface area contributed by atoms with Crippen molar-refractivity contribution in [1.29, 1.82) is 0 Å². The van der Waals surface area contributed by atoms with E-state index < -0.39 is 23.6 Å². The Morgan fingerprint density at radius 1 is 1.03 bits per heavy atom. The number of rotatable bonds is 7. The van der Waals surface area contributed by atoms with Gasteiger partial charge < -0.3 is 24.1 Å². The number of carbonyl (C=O) groups is 3. The van der Waals surface area contributed by atoms with E-state index in [1.807, 2.05) is 6.92 Å². The number of aromatic nitrogens is 1. The Morgan fingerprint density at radius 2 is 1.67 bits per heavy atom. The van der Waals surface area contributed by atoms with Crippen molar-refractivity contribution in [2.24, 2.45) is 0 Å². The van der Waals surface area contributed by atoms with E-state index in [4.69, 9.17) is 14.2 Å². The zero-order valence-corrected chi connectivity index (χ0v) is 18.4. The number of esters is 2. The summed E-state index contributed by atoms with van der Waals surface area (Å²) in [7, 11) is 0. The Kier molecular flexibility index (Phi) is 7.48. The smallest absolute Gasteiger partial charge is 0.407 e. The summed E-state index contributed by atoms with van der Waals surface area (Å²) in [6, 6.07) is 6.50. The van der Waals surface area contributed by atoms with E-state index in [9.17, 15) is 14.4 Å². The van der Waals surface area contributed by atoms with Crippen LogP contribution in [0.3, 0.4) is 0 Å². The maximum absolute atomic E-state index is 12.5. The SMILES string of the molecule is CCOC(=O)c1ccc2cc(C(=O)OCC)n(C(C)CNC(=O)OC(C)(C)C)c2c1. The molecule has 0 bridgehead atoms. The largest absolute Gasteiger partial charge is 0.462 e. The van der Waals surface area contributed by atoms with Gasteiger partial charge >= 0.3 is 18.0 Å². The van der Waals surface area contributed by atoms with E-state index in [0.717, 1.165) is 5.39 Å². The zero-order chi connectivity index (χ0) is 22.5. The van der Waals surface area contributed by atoms with Crippen LogP contribution in [0.2, 0.25) is 0 Å². The quantitative estimate of drug-likeness (QED) is 0.538. The Labute approximate surface area is 176 Å². The molecule has 0 radical (unpaired) electrons. The third-order valence-corrected chi connectivity index (χ3v) is 4.22. The predicted molar refractivity (Wildman–Crippen MR) is 113 cm³/mol. The lowest BCUT2D eigenvalue weighted by Crippen LogP contribution is -2.35. The summed E-state index contributed by atoms with van der Waals surface area (Å²) >= 11 is 0. The van der Waals surface area contributed by atoms with Gasteiger partial charge in [0, 0.05) is 23.5 Å². The molecule has 1 heterocycles. The molecule has 1 aromatic carbocycles. The molecule has 0 fully saturated rings. The number of carbonyl (C=O) groups excluding carboxylic acids is 3. The van der Waals surface area contributed by atoms with Gasteiger partial charge in [-0.3, -0.25) is 0 Å². The van der Waals surface area contributed by atoms with E-state index in [1.165, 1.54) is 0 Å². The first-order valence-electron chi connectivity index (χ1n) is 10.0. The average molecular weight is 418 g/mol. The molecular weight excluding hydrogens is 388 g/mol. The number of nitrogens with zero attached hydrogens (tertiary/aromatic N) is 1. The van der Waals surface area contributed by atoms with E-state index >= 15 is 0 Å². The van der Waals surface area contributed by atoms with Crippen LogP contribution in [0, 0.1) is 0 Å². The Hall–Kier alpha value is -3.03. The van der Waals surface area contributed by atoms with Crippen LogP contribution in [0.15, 0.2) is 24.3 Å². The van der Waals surface area contributed by atoms with Gasteiger partial charge in [0.15, 0.2) is 0 Å². The van der Waals surface area contributed by atoms with Gasteiger partial charge in [0.05, 0.1) is 18.8 Å². The van der Waals surface area contributed by atoms with Gasteiger partial charge in [0.25, 0.3) is 0 Å². The fourth-order valence-corrected chi connectivity index (χ4v) is 3.04. The summed E-state index contributed by atoms with van der Waals surface area (Å²) in [6.45, 7) is 11.4. The average Bonchev–Trinajstić information content (AvgIpc) is 3.04. The lowest BCUT2D eigenvalue weighted by molar-refractivity contribution is 0.0505. The number of ether oxygens (including phenoxy) is 3. The fraction of sp³-hybridized carbons (Fsp3) is 0.500. The summed E-state index contributed by atoms with van der Waals surface area (Å²) in [5, 5.41) is 3.50. The molecule has 164 valence electrons. The molecule has 8 nitrogen and oxygen atoms in total. The van der Waals surface area contributed by atoms with Crippen LogP contribution < -0.4 is 5.32 Å². The highest BCUT2D eigenvalue weighted by Crippen LogP contribution is 2.26. The molecule has 0 spiro atoms. The Morgan fingerprint density at radius 3 is 2.27 bits per heavy atom. The van der Waals surface area contributed by atoms with Gasteiger partial charge in [0.2, 0.25) is 0 Å². The molecule has 0 aliphatic carbocycles. The Balaban J connectivity index is 2.40. The molecule has 8 heteroatoms. The first-order chi connectivity index (χ1) is 14.1. The first kappa shape index (κ1) is 23.3. The van der Waals surface area contributed by atoms with Crippen molar-refractivity contribution in [3.8, 4) is 0 Å². The Bertz CT molecular complexity index is 926. The summed E-state index contributed by atoms with van der Waals surface area (Å²) in [4.78, 5) is 36.7. The van der Waals surface area contributed by atoms with Crippen LogP contribution in [0.1, 0.15) is 68.4 Å². The fourth-order valence-electron chi connectivity index (χ4n) is 3.04. The molecule has 0 saturated carbocycles. The monoisotopic (exact) mass is 418 g/mol. The molecule has 30 heavy (non-hydrogen) atoms. The number of amides is 1. The maximum atomic E-state index is 12.5. The minimum absolute atomic E-state index is 0.217. The number of hydrogen-bond acceptors (Lipinski definition) is 6. The van der Waals surface area contributed by atoms with E-state index in [-0.39, 0.29) is 25.8 Å². The van der Waals surface area contributed by atoms with Gasteiger partial charge in [-0.2, -0.15) is 0 Å². The van der Waals surface area contributed by atoms with Crippen LogP contribution in [0.4, 0.5) is 4.79 Å². The normalized spacial score (nSPS) is 12.3. The van der Waals surface area contributed by atoms with E-state index in [0.29, 0.717) is 16.8 Å². The molecule has 1 aromatic heterocycles. The molecule has 0 aliphatic rings. The lowest BCUT2D eigenvalue weighted by atomic mass is 10.1. The van der Waals surface area contributed by atoms with Crippen molar-refractivity contribution in [1.82, 2.24) is 9.88 Å². The maximum Gasteiger partial charge on any atom is 0.407 e. The van der Waals surface area contributed by atoms with Crippen molar-refractivity contribution in [2.45, 2.75) is 53.2 Å². The van der Waals surface area contributed by atoms with Crippen LogP contribution in [-0.4, -0.2) is 48.0 Å². The molecule has 1 atom stereocenters. The molecule has 0 saturated heterocycles. The van der Waals surface area contributed by atoms with E-state index in [1.54, 1.807) is 63.5 Å². The highest BCUT2D eigenvalue weighted by atomic mass is 16.6. The molecular formula is C22H30N2O6.